The molecular weight excluding hydrogens is 1290 g/mol. The minimum Gasteiger partial charge on any atom is -0.390 e. The smallest absolute Gasteiger partial charge is 0.390 e. The van der Waals surface area contributed by atoms with E-state index in [1.54, 1.807) is 29.1 Å². The first-order chi connectivity index (χ1) is 41.0. The van der Waals surface area contributed by atoms with E-state index in [0.717, 1.165) is 40.3 Å². The van der Waals surface area contributed by atoms with Crippen LogP contribution in [0.4, 0.5) is 17.2 Å². The number of anilines is 2. The Morgan fingerprint density at radius 3 is 2.28 bits per heavy atom. The van der Waals surface area contributed by atoms with E-state index in [1.807, 2.05) is 71.9 Å². The van der Waals surface area contributed by atoms with Crippen LogP contribution in [-0.2, 0) is 72.2 Å². The highest BCUT2D eigenvalue weighted by molar-refractivity contribution is 8.76. The van der Waals surface area contributed by atoms with Crippen LogP contribution in [-0.4, -0.2) is 137 Å². The van der Waals surface area contributed by atoms with Crippen molar-refractivity contribution >= 4 is 111 Å². The summed E-state index contributed by atoms with van der Waals surface area (Å²) in [4.78, 5) is 72.6. The average molecular weight is 1360 g/mol. The summed E-state index contributed by atoms with van der Waals surface area (Å²) in [5.74, 6) is 7.09. The molecule has 88 heavy (non-hydrogen) atoms. The van der Waals surface area contributed by atoms with E-state index in [4.69, 9.17) is 20.3 Å². The van der Waals surface area contributed by atoms with Crippen molar-refractivity contribution in [1.82, 2.24) is 19.9 Å². The van der Waals surface area contributed by atoms with Crippen LogP contribution < -0.4 is 16.0 Å². The first-order valence-electron chi connectivity index (χ1n) is 27.5. The van der Waals surface area contributed by atoms with Gasteiger partial charge in [-0.05, 0) is 82.5 Å². The lowest BCUT2D eigenvalue weighted by Gasteiger charge is -2.25. The Labute approximate surface area is 517 Å². The third-order valence-corrected chi connectivity index (χ3v) is 22.7. The number of carbonyl (C=O) groups is 2. The Bertz CT molecular complexity index is 3900. The minimum atomic E-state index is -5.76. The second kappa shape index (κ2) is 28.7. The molecule has 4 unspecified atom stereocenters. The number of hydrogen-bond donors (Lipinski definition) is 9. The van der Waals surface area contributed by atoms with Crippen molar-refractivity contribution in [3.05, 3.63) is 102 Å². The average Bonchev–Trinajstić information content (AvgIpc) is 1.69. The molecule has 4 aromatic rings. The van der Waals surface area contributed by atoms with E-state index in [9.17, 15) is 64.1 Å². The molecule has 3 aliphatic heterocycles. The first kappa shape index (κ1) is 70.6. The maximum Gasteiger partial charge on any atom is 0.490 e. The number of ether oxygens (including phenoxy) is 1. The molecule has 5 heterocycles. The summed E-state index contributed by atoms with van der Waals surface area (Å²) < 4.78 is 124. The highest BCUT2D eigenvalue weighted by Gasteiger charge is 2.46. The van der Waals surface area contributed by atoms with Crippen molar-refractivity contribution in [2.75, 3.05) is 41.8 Å². The number of aromatic nitrogens is 3. The first-order valence-corrected chi connectivity index (χ1v) is 37.4. The fourth-order valence-electron chi connectivity index (χ4n) is 10.5. The van der Waals surface area contributed by atoms with E-state index < -0.39 is 79.6 Å². The summed E-state index contributed by atoms with van der Waals surface area (Å²) >= 11 is 0. The normalized spacial score (nSPS) is 20.5. The number of hydrogen-bond acceptors (Lipinski definition) is 20. The molecule has 0 spiro atoms. The summed E-state index contributed by atoms with van der Waals surface area (Å²) in [7, 11) is -22.7. The quantitative estimate of drug-likeness (QED) is 0.00474. The van der Waals surface area contributed by atoms with E-state index in [1.165, 1.54) is 46.0 Å². The molecule has 7 rings (SSSR count). The number of rotatable bonds is 29. The molecule has 3 aliphatic rings. The van der Waals surface area contributed by atoms with Gasteiger partial charge in [0, 0.05) is 103 Å². The standard InChI is InChI=1S/C54H70N7O20P3S4/c1-7-59-42-23-21-38(87(72,73)74)28-40(42)53(3,4)46(59)18-10-8-11-19-47-54(5,6)41-29-39(88(75,76)77)22-24-43(41)60(47)26-15-9-12-20-48(64)58-35(2)33-86-85-27-25-37(62)17-14-13-16-36-31-61(52-50(36)51(55)56-34-57-52)49-30-44(63)45(79-49)32-78-83(68,69)81-84(70,71)80-82(65,66)67/h8,10-11,18-19,21-24,28-29,31,34-35,44-45,49,63H,7,9,12,14-15,17,20,25-27,30,32-33H2,1-6H3,(H8-,55,56,57,58,64,65,66,67,68,69,70,71,72,73,74,75,76,77)/p+1/t35?,44?,45-,49-/m1/s1. The number of nitrogens with one attached hydrogen (secondary N) is 1. The fourth-order valence-corrected chi connectivity index (χ4v) is 16.8. The van der Waals surface area contributed by atoms with Crippen molar-refractivity contribution < 1.29 is 96.4 Å². The van der Waals surface area contributed by atoms with Gasteiger partial charge in [-0.25, -0.2) is 23.7 Å². The van der Waals surface area contributed by atoms with Gasteiger partial charge in [0.15, 0.2) is 5.71 Å². The van der Waals surface area contributed by atoms with Gasteiger partial charge < -0.3 is 49.9 Å². The van der Waals surface area contributed by atoms with Crippen molar-refractivity contribution in [1.29, 1.82) is 0 Å². The monoisotopic (exact) mass is 1360 g/mol. The summed E-state index contributed by atoms with van der Waals surface area (Å²) in [5.41, 5.74) is 10.6. The fraction of sp³-hybridized carbons (Fsp3) is 0.463. The summed E-state index contributed by atoms with van der Waals surface area (Å²) in [6.45, 7) is 12.2. The Hall–Kier alpha value is -4.90. The van der Waals surface area contributed by atoms with Crippen LogP contribution in [0.3, 0.4) is 0 Å². The van der Waals surface area contributed by atoms with E-state index in [2.05, 4.69) is 49.7 Å². The van der Waals surface area contributed by atoms with Crippen LogP contribution >= 0.6 is 45.1 Å². The molecule has 2 aromatic heterocycles. The number of aliphatic hydroxyl groups is 1. The molecule has 0 aliphatic carbocycles. The molecule has 0 bridgehead atoms. The number of unbranched alkanes of at least 4 members (excludes halogenated alkanes) is 2. The molecule has 1 amide bonds. The van der Waals surface area contributed by atoms with Gasteiger partial charge in [-0.1, -0.05) is 65.5 Å². The van der Waals surface area contributed by atoms with Gasteiger partial charge in [0.05, 0.1) is 38.9 Å². The topological polar surface area (TPSA) is 407 Å². The molecule has 2 aromatic carbocycles. The lowest BCUT2D eigenvalue weighted by Crippen LogP contribution is -2.33. The van der Waals surface area contributed by atoms with Crippen molar-refractivity contribution in [3.63, 3.8) is 0 Å². The molecule has 6 atom stereocenters. The van der Waals surface area contributed by atoms with Gasteiger partial charge in [-0.2, -0.15) is 30.0 Å². The highest BCUT2D eigenvalue weighted by atomic mass is 33.1. The van der Waals surface area contributed by atoms with E-state index in [0.29, 0.717) is 61.2 Å². The number of allylic oxidation sites excluding steroid dienone is 6. The zero-order valence-electron chi connectivity index (χ0n) is 48.7. The van der Waals surface area contributed by atoms with Gasteiger partial charge in [-0.3, -0.25) is 23.2 Å². The van der Waals surface area contributed by atoms with E-state index >= 15 is 0 Å². The molecule has 1 fully saturated rings. The van der Waals surface area contributed by atoms with Crippen LogP contribution in [0.5, 0.6) is 0 Å². The molecule has 10 N–H and O–H groups in total. The number of amides is 1. The number of nitrogens with zero attached hydrogens (tertiary/aromatic N) is 5. The number of phosphoric ester groups is 1. The van der Waals surface area contributed by atoms with Crippen LogP contribution in [0.2, 0.25) is 0 Å². The van der Waals surface area contributed by atoms with E-state index in [-0.39, 0.29) is 58.3 Å². The number of ketones is 1. The number of nitrogens with two attached hydrogens (primary N) is 1. The second-order valence-corrected chi connectivity index (χ2v) is 31.7. The van der Waals surface area contributed by atoms with Gasteiger partial charge in [-0.15, -0.1) is 0 Å². The van der Waals surface area contributed by atoms with Crippen molar-refractivity contribution in [3.8, 4) is 11.8 Å². The van der Waals surface area contributed by atoms with Crippen LogP contribution in [0, 0.1) is 11.8 Å². The summed E-state index contributed by atoms with van der Waals surface area (Å²) in [6, 6.07) is 9.06. The molecule has 0 saturated carbocycles. The SMILES string of the molecule is CCN1C(=CC=CC=CC2=[N+](CCCCCC(=O)NC(C)CSSCCC(=O)CCC#Cc3cn([C@H]4CC(O)[C@@H](COP(=O)(O)OP(=O)(O)OP(=O)(O)O)O4)c4ncnc(N)c34)c3ccc(S(=O)(=O)O)cc3C2(C)C)C(C)(C)c2cc(S(=O)(=O)O)ccc21. The second-order valence-electron chi connectivity index (χ2n) is 21.8. The Morgan fingerprint density at radius 1 is 0.909 bits per heavy atom. The number of fused-ring (bicyclic) bond motifs is 3. The summed E-state index contributed by atoms with van der Waals surface area (Å²) in [5, 5.41) is 14.1. The largest absolute Gasteiger partial charge is 0.490 e. The number of Topliss-reactive ketones (excluding diaryl/α,β-unsaturated/α-hetero) is 1. The lowest BCUT2D eigenvalue weighted by molar-refractivity contribution is -0.438. The predicted octanol–water partition coefficient (Wildman–Crippen LogP) is 7.93. The number of phosphoric acid groups is 3. The lowest BCUT2D eigenvalue weighted by atomic mass is 9.81. The number of likely N-dealkylation sites (N-methyl/N-ethyl adjacent to an activating group) is 1. The predicted molar refractivity (Wildman–Crippen MR) is 331 cm³/mol. The van der Waals surface area contributed by atoms with Gasteiger partial charge in [0.25, 0.3) is 20.2 Å². The molecule has 480 valence electrons. The minimum absolute atomic E-state index is 0.00911. The van der Waals surface area contributed by atoms with Crippen LogP contribution in [0.15, 0.2) is 94.8 Å². The van der Waals surface area contributed by atoms with Crippen LogP contribution in [0.25, 0.3) is 11.0 Å². The van der Waals surface area contributed by atoms with Gasteiger partial charge in [0.1, 0.15) is 42.5 Å². The van der Waals surface area contributed by atoms with Crippen LogP contribution in [0.1, 0.15) is 116 Å². The number of aliphatic hydroxyl groups excluding tert-OH is 1. The highest BCUT2D eigenvalue weighted by Crippen LogP contribution is 2.66. The Morgan fingerprint density at radius 2 is 1.60 bits per heavy atom. The maximum absolute atomic E-state index is 13.0. The number of nitrogen functional groups attached to an aromatic ring is 1. The molecule has 1 saturated heterocycles. The van der Waals surface area contributed by atoms with Crippen molar-refractivity contribution in [2.24, 2.45) is 0 Å². The molecule has 0 radical (unpaired) electrons. The molecule has 27 nitrogen and oxygen atoms in total. The Kier molecular flexibility index (Phi) is 23.0. The zero-order valence-corrected chi connectivity index (χ0v) is 54.7. The maximum atomic E-state index is 13.0. The Balaban J connectivity index is 0.840. The van der Waals surface area contributed by atoms with Gasteiger partial charge in [0.2, 0.25) is 11.6 Å². The zero-order chi connectivity index (χ0) is 64.8. The third-order valence-electron chi connectivity index (χ3n) is 14.7. The van der Waals surface area contributed by atoms with Gasteiger partial charge >= 0.3 is 23.5 Å². The molecular formula is C54H71N7O20P3S4+. The molecule has 34 heteroatoms. The summed E-state index contributed by atoms with van der Waals surface area (Å²) in [6.07, 6.45) is 11.7. The number of benzene rings is 2. The van der Waals surface area contributed by atoms with Crippen molar-refractivity contribution in [2.45, 2.75) is 138 Å². The number of carbonyl (C=O) groups excluding carboxylic acids is 2. The third kappa shape index (κ3) is 18.0.